The number of nitrogens with zero attached hydrogens (tertiary/aromatic N) is 2. The smallest absolute Gasteiger partial charge is 0.318 e. The Hall–Kier alpha value is -2.41. The Bertz CT molecular complexity index is 527. The maximum absolute atomic E-state index is 11.9. The van der Waals surface area contributed by atoms with Crippen LogP contribution in [0.2, 0.25) is 0 Å². The highest BCUT2D eigenvalue weighted by molar-refractivity contribution is 6.41. The van der Waals surface area contributed by atoms with Gasteiger partial charge in [0.05, 0.1) is 0 Å². The second-order valence-corrected chi connectivity index (χ2v) is 4.92. The first-order valence-corrected chi connectivity index (χ1v) is 7.69. The molecular weight excluding hydrogens is 296 g/mol. The predicted molar refractivity (Wildman–Crippen MR) is 90.1 cm³/mol. The van der Waals surface area contributed by atoms with Crippen molar-refractivity contribution in [3.05, 3.63) is 24.3 Å². The zero-order valence-corrected chi connectivity index (χ0v) is 13.6. The Labute approximate surface area is 136 Å². The van der Waals surface area contributed by atoms with Crippen molar-refractivity contribution in [2.75, 3.05) is 36.4 Å². The molecule has 0 aliphatic carbocycles. The molecule has 0 aliphatic heterocycles. The third kappa shape index (κ3) is 5.37. The van der Waals surface area contributed by atoms with Crippen LogP contribution in [0.15, 0.2) is 24.3 Å². The summed E-state index contributed by atoms with van der Waals surface area (Å²) in [5, 5.41) is 2.50. The number of hydrogen-bond donors (Lipinski definition) is 2. The minimum atomic E-state index is -0.888. The van der Waals surface area contributed by atoms with Gasteiger partial charge in [-0.25, -0.2) is 0 Å². The lowest BCUT2D eigenvalue weighted by Gasteiger charge is -2.21. The lowest BCUT2D eigenvalue weighted by atomic mass is 10.2. The number of nitrogens with one attached hydrogen (secondary N) is 1. The van der Waals surface area contributed by atoms with E-state index in [1.165, 1.54) is 0 Å². The van der Waals surface area contributed by atoms with Crippen LogP contribution >= 0.6 is 0 Å². The van der Waals surface area contributed by atoms with Gasteiger partial charge in [-0.3, -0.25) is 19.3 Å². The van der Waals surface area contributed by atoms with Gasteiger partial charge in [-0.05, 0) is 51.1 Å². The van der Waals surface area contributed by atoms with Crippen molar-refractivity contribution in [2.24, 2.45) is 5.73 Å². The number of anilines is 2. The van der Waals surface area contributed by atoms with Crippen molar-refractivity contribution in [3.63, 3.8) is 0 Å². The van der Waals surface area contributed by atoms with Gasteiger partial charge in [0.2, 0.25) is 6.41 Å². The third-order valence-corrected chi connectivity index (χ3v) is 3.44. The normalized spacial score (nSPS) is 10.0. The Morgan fingerprint density at radius 2 is 1.78 bits per heavy atom. The Morgan fingerprint density at radius 3 is 2.26 bits per heavy atom. The number of imide groups is 1. The standard InChI is InChI=1S/C16H24N4O3/c1-3-19(4-2)14-8-6-13(7-9-14)18-15(22)16(23)20(12-21)11-5-10-17/h6-9,12H,3-5,10-11,17H2,1-2H3,(H,18,22). The molecule has 1 rings (SSSR count). The SMILES string of the molecule is CCN(CC)c1ccc(NC(=O)C(=O)N(C=O)CCCN)cc1. The average molecular weight is 320 g/mol. The maximum Gasteiger partial charge on any atom is 0.318 e. The van der Waals surface area contributed by atoms with Crippen LogP contribution < -0.4 is 16.0 Å². The van der Waals surface area contributed by atoms with Gasteiger partial charge in [0.25, 0.3) is 0 Å². The lowest BCUT2D eigenvalue weighted by molar-refractivity contribution is -0.146. The molecular formula is C16H24N4O3. The summed E-state index contributed by atoms with van der Waals surface area (Å²) in [5.74, 6) is -1.73. The van der Waals surface area contributed by atoms with E-state index in [2.05, 4.69) is 24.1 Å². The van der Waals surface area contributed by atoms with Crippen LogP contribution in [0.25, 0.3) is 0 Å². The molecule has 0 saturated heterocycles. The second kappa shape index (κ2) is 9.58. The van der Waals surface area contributed by atoms with Crippen LogP contribution in [-0.2, 0) is 14.4 Å². The summed E-state index contributed by atoms with van der Waals surface area (Å²) < 4.78 is 0. The van der Waals surface area contributed by atoms with E-state index in [0.717, 1.165) is 23.7 Å². The molecule has 7 nitrogen and oxygen atoms in total. The highest BCUT2D eigenvalue weighted by Crippen LogP contribution is 2.17. The minimum Gasteiger partial charge on any atom is -0.372 e. The monoisotopic (exact) mass is 320 g/mol. The lowest BCUT2D eigenvalue weighted by Crippen LogP contribution is -2.39. The topological polar surface area (TPSA) is 95.7 Å². The average Bonchev–Trinajstić information content (AvgIpc) is 2.57. The van der Waals surface area contributed by atoms with Crippen LogP contribution in [-0.4, -0.2) is 49.3 Å². The number of nitrogens with two attached hydrogens (primary N) is 1. The third-order valence-electron chi connectivity index (χ3n) is 3.44. The molecule has 0 fully saturated rings. The molecule has 1 aromatic carbocycles. The largest absolute Gasteiger partial charge is 0.372 e. The summed E-state index contributed by atoms with van der Waals surface area (Å²) >= 11 is 0. The van der Waals surface area contributed by atoms with Gasteiger partial charge in [-0.15, -0.1) is 0 Å². The molecule has 0 radical (unpaired) electrons. The molecule has 3 N–H and O–H groups in total. The second-order valence-electron chi connectivity index (χ2n) is 4.92. The number of hydrogen-bond acceptors (Lipinski definition) is 5. The Balaban J connectivity index is 2.69. The molecule has 0 aromatic heterocycles. The number of amides is 3. The minimum absolute atomic E-state index is 0.132. The Kier molecular flexibility index (Phi) is 7.76. The molecule has 23 heavy (non-hydrogen) atoms. The van der Waals surface area contributed by atoms with Crippen molar-refractivity contribution in [1.82, 2.24) is 4.90 Å². The molecule has 0 aliphatic rings. The molecule has 0 unspecified atom stereocenters. The van der Waals surface area contributed by atoms with Crippen LogP contribution in [0.4, 0.5) is 11.4 Å². The van der Waals surface area contributed by atoms with E-state index in [0.29, 0.717) is 25.1 Å². The zero-order chi connectivity index (χ0) is 17.2. The predicted octanol–water partition coefficient (Wildman–Crippen LogP) is 0.805. The van der Waals surface area contributed by atoms with Gasteiger partial charge in [-0.2, -0.15) is 0 Å². The molecule has 3 amide bonds. The summed E-state index contributed by atoms with van der Waals surface area (Å²) in [4.78, 5) is 37.7. The van der Waals surface area contributed by atoms with Crippen molar-refractivity contribution < 1.29 is 14.4 Å². The van der Waals surface area contributed by atoms with Gasteiger partial charge in [0, 0.05) is 31.0 Å². The van der Waals surface area contributed by atoms with E-state index >= 15 is 0 Å². The first-order chi connectivity index (χ1) is 11.1. The van der Waals surface area contributed by atoms with Crippen LogP contribution in [0.3, 0.4) is 0 Å². The molecule has 0 bridgehead atoms. The first kappa shape index (κ1) is 18.6. The fourth-order valence-electron chi connectivity index (χ4n) is 2.12. The van der Waals surface area contributed by atoms with E-state index in [-0.39, 0.29) is 6.54 Å². The number of rotatable bonds is 8. The van der Waals surface area contributed by atoms with E-state index in [4.69, 9.17) is 5.73 Å². The van der Waals surface area contributed by atoms with Crippen molar-refractivity contribution >= 4 is 29.6 Å². The number of carbonyl (C=O) groups is 3. The Morgan fingerprint density at radius 1 is 1.17 bits per heavy atom. The summed E-state index contributed by atoms with van der Waals surface area (Å²) in [5.41, 5.74) is 6.88. The highest BCUT2D eigenvalue weighted by atomic mass is 16.2. The van der Waals surface area contributed by atoms with Gasteiger partial charge in [-0.1, -0.05) is 0 Å². The summed E-state index contributed by atoms with van der Waals surface area (Å²) in [6.07, 6.45) is 0.803. The quantitative estimate of drug-likeness (QED) is 0.546. The highest BCUT2D eigenvalue weighted by Gasteiger charge is 2.21. The maximum atomic E-state index is 11.9. The molecule has 1 aromatic rings. The van der Waals surface area contributed by atoms with Gasteiger partial charge < -0.3 is 16.0 Å². The molecule has 0 spiro atoms. The van der Waals surface area contributed by atoms with Crippen molar-refractivity contribution in [3.8, 4) is 0 Å². The fourth-order valence-corrected chi connectivity index (χ4v) is 2.12. The molecule has 0 heterocycles. The molecule has 0 saturated carbocycles. The van der Waals surface area contributed by atoms with Crippen LogP contribution in [0.5, 0.6) is 0 Å². The van der Waals surface area contributed by atoms with E-state index in [1.807, 2.05) is 12.1 Å². The van der Waals surface area contributed by atoms with Crippen molar-refractivity contribution in [2.45, 2.75) is 20.3 Å². The van der Waals surface area contributed by atoms with Crippen LogP contribution in [0.1, 0.15) is 20.3 Å². The van der Waals surface area contributed by atoms with Crippen LogP contribution in [0, 0.1) is 0 Å². The summed E-state index contributed by atoms with van der Waals surface area (Å²) in [6, 6.07) is 7.20. The number of benzene rings is 1. The van der Waals surface area contributed by atoms with E-state index in [1.54, 1.807) is 12.1 Å². The van der Waals surface area contributed by atoms with Gasteiger partial charge >= 0.3 is 11.8 Å². The van der Waals surface area contributed by atoms with Crippen molar-refractivity contribution in [1.29, 1.82) is 0 Å². The number of carbonyl (C=O) groups excluding carboxylic acids is 3. The summed E-state index contributed by atoms with van der Waals surface area (Å²) in [6.45, 7) is 6.37. The van der Waals surface area contributed by atoms with E-state index < -0.39 is 11.8 Å². The molecule has 0 atom stereocenters. The zero-order valence-electron chi connectivity index (χ0n) is 13.6. The van der Waals surface area contributed by atoms with E-state index in [9.17, 15) is 14.4 Å². The fraction of sp³-hybridized carbons (Fsp3) is 0.438. The van der Waals surface area contributed by atoms with Gasteiger partial charge in [0.1, 0.15) is 0 Å². The summed E-state index contributed by atoms with van der Waals surface area (Å²) in [7, 11) is 0. The molecule has 126 valence electrons. The van der Waals surface area contributed by atoms with Gasteiger partial charge in [0.15, 0.2) is 0 Å². The first-order valence-electron chi connectivity index (χ1n) is 7.69. The molecule has 7 heteroatoms.